The van der Waals surface area contributed by atoms with Crippen molar-refractivity contribution in [2.45, 2.75) is 6.92 Å². The number of hydrogen-bond acceptors (Lipinski definition) is 6. The van der Waals surface area contributed by atoms with Gasteiger partial charge in [0.1, 0.15) is 17.0 Å². The third-order valence-corrected chi connectivity index (χ3v) is 4.05. The van der Waals surface area contributed by atoms with Gasteiger partial charge in [-0.15, -0.1) is 11.3 Å². The first kappa shape index (κ1) is 11.5. The number of ether oxygens (including phenoxy) is 2. The van der Waals surface area contributed by atoms with Gasteiger partial charge in [-0.3, -0.25) is 0 Å². The van der Waals surface area contributed by atoms with E-state index in [1.165, 1.54) is 4.88 Å². The van der Waals surface area contributed by atoms with Gasteiger partial charge in [-0.25, -0.2) is 9.97 Å². The molecule has 1 N–H and O–H groups in total. The number of rotatable bonds is 2. The number of benzene rings is 1. The highest BCUT2D eigenvalue weighted by molar-refractivity contribution is 7.18. The van der Waals surface area contributed by atoms with Crippen molar-refractivity contribution in [3.8, 4) is 11.5 Å². The van der Waals surface area contributed by atoms with Crippen molar-refractivity contribution in [3.05, 3.63) is 35.5 Å². The molecule has 3 aromatic rings. The first-order valence-electron chi connectivity index (χ1n) is 6.17. The fraction of sp³-hybridized carbons (Fsp3) is 0.143. The molecule has 4 rings (SSSR count). The van der Waals surface area contributed by atoms with Gasteiger partial charge in [0.05, 0.1) is 5.39 Å². The Hall–Kier alpha value is -2.34. The van der Waals surface area contributed by atoms with Gasteiger partial charge in [-0.1, -0.05) is 0 Å². The van der Waals surface area contributed by atoms with E-state index in [2.05, 4.69) is 28.3 Å². The predicted molar refractivity (Wildman–Crippen MR) is 78.0 cm³/mol. The third kappa shape index (κ3) is 1.85. The zero-order valence-electron chi connectivity index (χ0n) is 10.7. The molecule has 0 saturated heterocycles. The topological polar surface area (TPSA) is 56.3 Å². The van der Waals surface area contributed by atoms with Gasteiger partial charge in [0, 0.05) is 16.6 Å². The summed E-state index contributed by atoms with van der Waals surface area (Å²) in [5.74, 6) is 2.33. The highest BCUT2D eigenvalue weighted by atomic mass is 32.1. The highest BCUT2D eigenvalue weighted by Crippen LogP contribution is 2.36. The lowest BCUT2D eigenvalue weighted by Gasteiger charge is -2.07. The summed E-state index contributed by atoms with van der Waals surface area (Å²) in [7, 11) is 0. The molecule has 0 amide bonds. The minimum absolute atomic E-state index is 0.278. The fourth-order valence-corrected chi connectivity index (χ4v) is 3.03. The number of aromatic nitrogens is 2. The van der Waals surface area contributed by atoms with Crippen LogP contribution in [0.2, 0.25) is 0 Å². The van der Waals surface area contributed by atoms with E-state index in [4.69, 9.17) is 9.47 Å². The molecular weight excluding hydrogens is 274 g/mol. The fourth-order valence-electron chi connectivity index (χ4n) is 2.19. The van der Waals surface area contributed by atoms with E-state index >= 15 is 0 Å². The summed E-state index contributed by atoms with van der Waals surface area (Å²) < 4.78 is 10.7. The summed E-state index contributed by atoms with van der Waals surface area (Å²) in [6.07, 6.45) is 1.58. The second kappa shape index (κ2) is 4.35. The number of aryl methyl sites for hydroxylation is 1. The van der Waals surface area contributed by atoms with Crippen LogP contribution in [0.15, 0.2) is 30.6 Å². The lowest BCUT2D eigenvalue weighted by Crippen LogP contribution is -1.94. The Morgan fingerprint density at radius 1 is 1.15 bits per heavy atom. The summed E-state index contributed by atoms with van der Waals surface area (Å²) in [5, 5.41) is 4.34. The Labute approximate surface area is 119 Å². The van der Waals surface area contributed by atoms with Gasteiger partial charge in [-0.2, -0.15) is 0 Å². The molecule has 100 valence electrons. The summed E-state index contributed by atoms with van der Waals surface area (Å²) in [4.78, 5) is 10.8. The van der Waals surface area contributed by atoms with Crippen LogP contribution in [0, 0.1) is 6.92 Å². The molecule has 20 heavy (non-hydrogen) atoms. The predicted octanol–water partition coefficient (Wildman–Crippen LogP) is 3.47. The molecule has 0 bridgehead atoms. The molecule has 5 nitrogen and oxygen atoms in total. The molecule has 0 fully saturated rings. The summed E-state index contributed by atoms with van der Waals surface area (Å²) >= 11 is 1.66. The standard InChI is InChI=1S/C14H11N3O2S/c1-8-4-10-13(15-6-16-14(10)20-8)17-9-2-3-11-12(5-9)19-7-18-11/h2-6H,7H2,1H3,(H,15,16,17). The summed E-state index contributed by atoms with van der Waals surface area (Å²) in [6, 6.07) is 7.84. The monoisotopic (exact) mass is 285 g/mol. The second-order valence-corrected chi connectivity index (χ2v) is 5.73. The van der Waals surface area contributed by atoms with Gasteiger partial charge < -0.3 is 14.8 Å². The van der Waals surface area contributed by atoms with Crippen molar-refractivity contribution < 1.29 is 9.47 Å². The normalized spacial score (nSPS) is 12.8. The van der Waals surface area contributed by atoms with Crippen LogP contribution in [-0.2, 0) is 0 Å². The van der Waals surface area contributed by atoms with E-state index in [-0.39, 0.29) is 6.79 Å². The molecule has 1 aliphatic heterocycles. The molecule has 0 unspecified atom stereocenters. The van der Waals surface area contributed by atoms with Crippen LogP contribution < -0.4 is 14.8 Å². The van der Waals surface area contributed by atoms with Crippen LogP contribution in [0.5, 0.6) is 11.5 Å². The number of thiophene rings is 1. The molecular formula is C14H11N3O2S. The van der Waals surface area contributed by atoms with Crippen molar-refractivity contribution in [1.82, 2.24) is 9.97 Å². The average Bonchev–Trinajstić information content (AvgIpc) is 3.04. The Balaban J connectivity index is 1.74. The molecule has 0 spiro atoms. The SMILES string of the molecule is Cc1cc2c(Nc3ccc4c(c3)OCO4)ncnc2s1. The van der Waals surface area contributed by atoms with E-state index in [9.17, 15) is 0 Å². The third-order valence-electron chi connectivity index (χ3n) is 3.09. The van der Waals surface area contributed by atoms with Crippen LogP contribution in [-0.4, -0.2) is 16.8 Å². The number of anilines is 2. The van der Waals surface area contributed by atoms with Crippen molar-refractivity contribution >= 4 is 33.1 Å². The van der Waals surface area contributed by atoms with Gasteiger partial charge in [0.25, 0.3) is 0 Å². The highest BCUT2D eigenvalue weighted by Gasteiger charge is 2.14. The Morgan fingerprint density at radius 2 is 2.05 bits per heavy atom. The number of hydrogen-bond donors (Lipinski definition) is 1. The molecule has 0 aliphatic carbocycles. The van der Waals surface area contributed by atoms with Gasteiger partial charge in [0.2, 0.25) is 6.79 Å². The number of fused-ring (bicyclic) bond motifs is 2. The van der Waals surface area contributed by atoms with Crippen LogP contribution >= 0.6 is 11.3 Å². The van der Waals surface area contributed by atoms with Gasteiger partial charge >= 0.3 is 0 Å². The average molecular weight is 285 g/mol. The Kier molecular flexibility index (Phi) is 2.50. The number of nitrogens with one attached hydrogen (secondary N) is 1. The van der Waals surface area contributed by atoms with Crippen molar-refractivity contribution in [1.29, 1.82) is 0 Å². The lowest BCUT2D eigenvalue weighted by atomic mass is 10.2. The minimum atomic E-state index is 0.278. The molecule has 1 aliphatic rings. The van der Waals surface area contributed by atoms with Crippen molar-refractivity contribution in [2.75, 3.05) is 12.1 Å². The molecule has 2 aromatic heterocycles. The van der Waals surface area contributed by atoms with E-state index in [1.54, 1.807) is 17.7 Å². The van der Waals surface area contributed by atoms with Gasteiger partial charge in [0.15, 0.2) is 11.5 Å². The summed E-state index contributed by atoms with van der Waals surface area (Å²) in [6.45, 7) is 2.34. The van der Waals surface area contributed by atoms with Crippen LogP contribution in [0.1, 0.15) is 4.88 Å². The van der Waals surface area contributed by atoms with Crippen LogP contribution in [0.3, 0.4) is 0 Å². The first-order valence-corrected chi connectivity index (χ1v) is 6.99. The second-order valence-electron chi connectivity index (χ2n) is 4.49. The molecule has 0 saturated carbocycles. The van der Waals surface area contributed by atoms with Gasteiger partial charge in [-0.05, 0) is 25.1 Å². The molecule has 3 heterocycles. The zero-order chi connectivity index (χ0) is 13.5. The van der Waals surface area contributed by atoms with E-state index < -0.39 is 0 Å². The molecule has 0 atom stereocenters. The molecule has 0 radical (unpaired) electrons. The maximum atomic E-state index is 5.38. The molecule has 6 heteroatoms. The van der Waals surface area contributed by atoms with Crippen LogP contribution in [0.25, 0.3) is 10.2 Å². The summed E-state index contributed by atoms with van der Waals surface area (Å²) in [5.41, 5.74) is 0.915. The first-order chi connectivity index (χ1) is 9.79. The maximum Gasteiger partial charge on any atom is 0.231 e. The van der Waals surface area contributed by atoms with Crippen LogP contribution in [0.4, 0.5) is 11.5 Å². The number of nitrogens with zero attached hydrogens (tertiary/aromatic N) is 2. The lowest BCUT2D eigenvalue weighted by molar-refractivity contribution is 0.174. The maximum absolute atomic E-state index is 5.38. The largest absolute Gasteiger partial charge is 0.454 e. The Morgan fingerprint density at radius 3 is 3.00 bits per heavy atom. The quantitative estimate of drug-likeness (QED) is 0.781. The van der Waals surface area contributed by atoms with E-state index in [0.717, 1.165) is 33.2 Å². The van der Waals surface area contributed by atoms with E-state index in [0.29, 0.717) is 0 Å². The zero-order valence-corrected chi connectivity index (χ0v) is 11.5. The molecule has 1 aromatic carbocycles. The Bertz CT molecular complexity index is 800. The smallest absolute Gasteiger partial charge is 0.231 e. The van der Waals surface area contributed by atoms with Crippen molar-refractivity contribution in [3.63, 3.8) is 0 Å². The van der Waals surface area contributed by atoms with E-state index in [1.807, 2.05) is 18.2 Å². The minimum Gasteiger partial charge on any atom is -0.454 e. The van der Waals surface area contributed by atoms with Crippen molar-refractivity contribution in [2.24, 2.45) is 0 Å².